The number of benzene rings is 2. The molecule has 0 atom stereocenters. The fraction of sp³-hybridized carbons (Fsp3) is 0.400. The van der Waals surface area contributed by atoms with Gasteiger partial charge in [0.05, 0.1) is 37.7 Å². The summed E-state index contributed by atoms with van der Waals surface area (Å²) < 4.78 is 5.94. The van der Waals surface area contributed by atoms with Crippen LogP contribution in [0.15, 0.2) is 60.0 Å². The third kappa shape index (κ3) is 7.78. The maximum atomic E-state index is 13.0. The van der Waals surface area contributed by atoms with Crippen molar-refractivity contribution in [1.29, 1.82) is 0 Å². The molecular formula is C30H35Cl2N5O2. The SMILES string of the molecule is CC.CN1CCC(COc2cnc(-c3cccc(CC(=O)N4CCC(c5cc(Cl)ccc5Cl)=N4)c3)nc2)CC1. The van der Waals surface area contributed by atoms with Crippen molar-refractivity contribution in [2.75, 3.05) is 33.3 Å². The molecule has 1 aromatic heterocycles. The number of halogens is 2. The van der Waals surface area contributed by atoms with E-state index < -0.39 is 0 Å². The van der Waals surface area contributed by atoms with Gasteiger partial charge in [-0.15, -0.1) is 0 Å². The first-order chi connectivity index (χ1) is 18.9. The van der Waals surface area contributed by atoms with Gasteiger partial charge in [-0.1, -0.05) is 55.2 Å². The van der Waals surface area contributed by atoms with Crippen molar-refractivity contribution in [1.82, 2.24) is 19.9 Å². The second-order valence-electron chi connectivity index (χ2n) is 9.61. The lowest BCUT2D eigenvalue weighted by molar-refractivity contribution is -0.130. The molecule has 0 aliphatic carbocycles. The topological polar surface area (TPSA) is 70.9 Å². The van der Waals surface area contributed by atoms with E-state index >= 15 is 0 Å². The van der Waals surface area contributed by atoms with Crippen LogP contribution in [0.4, 0.5) is 0 Å². The zero-order chi connectivity index (χ0) is 27.8. The van der Waals surface area contributed by atoms with Crippen LogP contribution in [-0.4, -0.2) is 64.8 Å². The number of amides is 1. The molecule has 1 saturated heterocycles. The number of rotatable bonds is 7. The standard InChI is InChI=1S/C28H29Cl2N5O2.C2H6/c1-34-10-7-19(8-11-34)18-37-23-16-31-28(32-17-23)21-4-2-3-20(13-21)14-27(36)35-12-9-26(33-35)24-15-22(29)5-6-25(24)30;1-2/h2-6,13,15-17,19H,7-12,14,18H2,1H3;1-2H3. The molecule has 0 bridgehead atoms. The number of piperidine rings is 1. The summed E-state index contributed by atoms with van der Waals surface area (Å²) >= 11 is 12.4. The van der Waals surface area contributed by atoms with Gasteiger partial charge in [-0.05, 0) is 68.7 Å². The quantitative estimate of drug-likeness (QED) is 0.331. The van der Waals surface area contributed by atoms with Gasteiger partial charge in [0, 0.05) is 27.6 Å². The van der Waals surface area contributed by atoms with E-state index in [0.29, 0.717) is 47.1 Å². The summed E-state index contributed by atoms with van der Waals surface area (Å²) in [6, 6.07) is 13.0. The highest BCUT2D eigenvalue weighted by Crippen LogP contribution is 2.26. The fourth-order valence-electron chi connectivity index (χ4n) is 4.61. The van der Waals surface area contributed by atoms with Crippen LogP contribution in [0.3, 0.4) is 0 Å². The molecule has 2 aliphatic heterocycles. The Hall–Kier alpha value is -3.00. The molecule has 3 aromatic rings. The lowest BCUT2D eigenvalue weighted by Gasteiger charge is -2.28. The second-order valence-corrected chi connectivity index (χ2v) is 10.5. The molecule has 2 aromatic carbocycles. The molecule has 5 rings (SSSR count). The largest absolute Gasteiger partial charge is 0.490 e. The lowest BCUT2D eigenvalue weighted by atomic mass is 9.98. The molecule has 7 nitrogen and oxygen atoms in total. The molecule has 39 heavy (non-hydrogen) atoms. The lowest BCUT2D eigenvalue weighted by Crippen LogP contribution is -2.32. The van der Waals surface area contributed by atoms with Crippen LogP contribution in [0.5, 0.6) is 5.75 Å². The summed E-state index contributed by atoms with van der Waals surface area (Å²) in [4.78, 5) is 24.3. The van der Waals surface area contributed by atoms with Crippen molar-refractivity contribution in [3.8, 4) is 17.1 Å². The Balaban J connectivity index is 0.00000172. The zero-order valence-electron chi connectivity index (χ0n) is 22.7. The minimum absolute atomic E-state index is 0.0797. The van der Waals surface area contributed by atoms with Gasteiger partial charge in [-0.2, -0.15) is 5.10 Å². The number of carbonyl (C=O) groups excluding carboxylic acids is 1. The zero-order valence-corrected chi connectivity index (χ0v) is 24.3. The Labute approximate surface area is 240 Å². The Morgan fingerprint density at radius 3 is 2.51 bits per heavy atom. The van der Waals surface area contributed by atoms with E-state index in [-0.39, 0.29) is 12.3 Å². The summed E-state index contributed by atoms with van der Waals surface area (Å²) in [5, 5.41) is 7.18. The number of nitrogens with zero attached hydrogens (tertiary/aromatic N) is 5. The monoisotopic (exact) mass is 567 g/mol. The number of ether oxygens (including phenoxy) is 1. The fourth-order valence-corrected chi connectivity index (χ4v) is 5.01. The highest BCUT2D eigenvalue weighted by molar-refractivity contribution is 6.36. The second kappa shape index (κ2) is 13.9. The van der Waals surface area contributed by atoms with Gasteiger partial charge in [-0.3, -0.25) is 4.79 Å². The molecule has 0 saturated carbocycles. The first kappa shape index (κ1) is 29.0. The van der Waals surface area contributed by atoms with E-state index in [4.69, 9.17) is 27.9 Å². The number of likely N-dealkylation sites (tertiary alicyclic amines) is 1. The van der Waals surface area contributed by atoms with Crippen molar-refractivity contribution in [3.63, 3.8) is 0 Å². The van der Waals surface area contributed by atoms with Gasteiger partial charge in [-0.25, -0.2) is 15.0 Å². The predicted octanol–water partition coefficient (Wildman–Crippen LogP) is 6.38. The van der Waals surface area contributed by atoms with Gasteiger partial charge in [0.1, 0.15) is 0 Å². The van der Waals surface area contributed by atoms with Crippen LogP contribution in [0.1, 0.15) is 44.2 Å². The molecule has 0 spiro atoms. The van der Waals surface area contributed by atoms with Gasteiger partial charge in [0.2, 0.25) is 5.91 Å². The van der Waals surface area contributed by atoms with E-state index in [0.717, 1.165) is 48.3 Å². The molecule has 3 heterocycles. The maximum Gasteiger partial charge on any atom is 0.247 e. The molecule has 0 N–H and O–H groups in total. The molecule has 206 valence electrons. The maximum absolute atomic E-state index is 13.0. The summed E-state index contributed by atoms with van der Waals surface area (Å²) in [7, 11) is 2.16. The average Bonchev–Trinajstić information content (AvgIpc) is 3.46. The van der Waals surface area contributed by atoms with Crippen molar-refractivity contribution in [3.05, 3.63) is 76.0 Å². The van der Waals surface area contributed by atoms with Gasteiger partial charge >= 0.3 is 0 Å². The van der Waals surface area contributed by atoms with E-state index in [1.807, 2.05) is 38.1 Å². The smallest absolute Gasteiger partial charge is 0.247 e. The number of hydrogen-bond donors (Lipinski definition) is 0. The van der Waals surface area contributed by atoms with Crippen LogP contribution in [-0.2, 0) is 11.2 Å². The molecular weight excluding hydrogens is 533 g/mol. The van der Waals surface area contributed by atoms with Crippen LogP contribution in [0.25, 0.3) is 11.4 Å². The summed E-state index contributed by atoms with van der Waals surface area (Å²) in [5.41, 5.74) is 3.25. The van der Waals surface area contributed by atoms with Crippen LogP contribution in [0.2, 0.25) is 10.0 Å². The normalized spacial score (nSPS) is 15.9. The minimum Gasteiger partial charge on any atom is -0.490 e. The highest BCUT2D eigenvalue weighted by atomic mass is 35.5. The highest BCUT2D eigenvalue weighted by Gasteiger charge is 2.23. The number of carbonyl (C=O) groups is 1. The van der Waals surface area contributed by atoms with Crippen molar-refractivity contribution < 1.29 is 9.53 Å². The Morgan fingerprint density at radius 2 is 1.77 bits per heavy atom. The van der Waals surface area contributed by atoms with Crippen molar-refractivity contribution in [2.45, 2.75) is 39.5 Å². The van der Waals surface area contributed by atoms with Gasteiger partial charge < -0.3 is 9.64 Å². The minimum atomic E-state index is -0.0797. The Kier molecular flexibility index (Phi) is 10.3. The first-order valence-electron chi connectivity index (χ1n) is 13.5. The van der Waals surface area contributed by atoms with Crippen LogP contribution < -0.4 is 4.74 Å². The van der Waals surface area contributed by atoms with E-state index in [1.165, 1.54) is 5.01 Å². The van der Waals surface area contributed by atoms with E-state index in [2.05, 4.69) is 27.0 Å². The molecule has 1 amide bonds. The molecule has 0 radical (unpaired) electrons. The summed E-state index contributed by atoms with van der Waals surface area (Å²) in [5.74, 6) is 1.77. The van der Waals surface area contributed by atoms with Crippen LogP contribution >= 0.6 is 23.2 Å². The number of aromatic nitrogens is 2. The summed E-state index contributed by atoms with van der Waals surface area (Å²) in [6.07, 6.45) is 6.60. The Bertz CT molecular complexity index is 1290. The number of hydrogen-bond acceptors (Lipinski definition) is 6. The van der Waals surface area contributed by atoms with E-state index in [9.17, 15) is 4.79 Å². The van der Waals surface area contributed by atoms with Crippen molar-refractivity contribution in [2.24, 2.45) is 11.0 Å². The third-order valence-corrected chi connectivity index (χ3v) is 7.39. The predicted molar refractivity (Wildman–Crippen MR) is 158 cm³/mol. The molecule has 2 aliphatic rings. The Morgan fingerprint density at radius 1 is 1.03 bits per heavy atom. The molecule has 0 unspecified atom stereocenters. The van der Waals surface area contributed by atoms with Gasteiger partial charge in [0.25, 0.3) is 0 Å². The third-order valence-electron chi connectivity index (χ3n) is 6.82. The van der Waals surface area contributed by atoms with Crippen molar-refractivity contribution >= 4 is 34.8 Å². The number of hydrazone groups is 1. The molecule has 1 fully saturated rings. The summed E-state index contributed by atoms with van der Waals surface area (Å²) in [6.45, 7) is 7.44. The molecule has 9 heteroatoms. The first-order valence-corrected chi connectivity index (χ1v) is 14.3. The van der Waals surface area contributed by atoms with Gasteiger partial charge in [0.15, 0.2) is 11.6 Å². The average molecular weight is 569 g/mol. The van der Waals surface area contributed by atoms with E-state index in [1.54, 1.807) is 30.6 Å². The van der Waals surface area contributed by atoms with Crippen LogP contribution in [0, 0.1) is 5.92 Å².